The second kappa shape index (κ2) is 6.17. The second-order valence-corrected chi connectivity index (χ2v) is 5.92. The Labute approximate surface area is 106 Å². The van der Waals surface area contributed by atoms with Gasteiger partial charge in [0.05, 0.1) is 0 Å². The van der Waals surface area contributed by atoms with E-state index < -0.39 is 0 Å². The first-order valence-corrected chi connectivity index (χ1v) is 7.42. The van der Waals surface area contributed by atoms with Crippen LogP contribution in [0.5, 0.6) is 0 Å². The van der Waals surface area contributed by atoms with Gasteiger partial charge in [-0.2, -0.15) is 5.06 Å². The molecule has 0 spiro atoms. The fourth-order valence-corrected chi connectivity index (χ4v) is 3.55. The molecule has 0 aromatic rings. The Hall–Kier alpha value is -0.120. The number of unbranched alkanes of at least 4 members (excludes halogenated alkanes) is 3. The van der Waals surface area contributed by atoms with E-state index in [0.717, 1.165) is 19.0 Å². The van der Waals surface area contributed by atoms with E-state index in [1.807, 2.05) is 0 Å². The topological polar surface area (TPSA) is 26.7 Å². The molecule has 0 bridgehead atoms. The third-order valence-corrected chi connectivity index (χ3v) is 4.61. The van der Waals surface area contributed by atoms with Gasteiger partial charge in [-0.05, 0) is 32.2 Å². The molecule has 0 aliphatic carbocycles. The Morgan fingerprint density at radius 3 is 2.82 bits per heavy atom. The largest absolute Gasteiger partial charge is 0.314 e. The van der Waals surface area contributed by atoms with Crippen LogP contribution in [0.15, 0.2) is 0 Å². The van der Waals surface area contributed by atoms with Crippen molar-refractivity contribution in [3.63, 3.8) is 0 Å². The maximum absolute atomic E-state index is 9.59. The molecule has 3 atom stereocenters. The van der Waals surface area contributed by atoms with Crippen molar-refractivity contribution in [1.82, 2.24) is 9.96 Å². The van der Waals surface area contributed by atoms with Crippen molar-refractivity contribution in [3.8, 4) is 0 Å². The van der Waals surface area contributed by atoms with Crippen LogP contribution in [0.3, 0.4) is 0 Å². The van der Waals surface area contributed by atoms with Crippen LogP contribution in [0.1, 0.15) is 52.4 Å². The summed E-state index contributed by atoms with van der Waals surface area (Å²) >= 11 is 0. The summed E-state index contributed by atoms with van der Waals surface area (Å²) in [6, 6.07) is 1.33. The van der Waals surface area contributed by atoms with Gasteiger partial charge in [0.1, 0.15) is 0 Å². The predicted molar refractivity (Wildman–Crippen MR) is 70.2 cm³/mol. The monoisotopic (exact) mass is 240 g/mol. The van der Waals surface area contributed by atoms with E-state index in [1.165, 1.54) is 50.1 Å². The average molecular weight is 240 g/mol. The number of rotatable bonds is 6. The van der Waals surface area contributed by atoms with E-state index in [0.29, 0.717) is 12.1 Å². The summed E-state index contributed by atoms with van der Waals surface area (Å²) in [5.41, 5.74) is 0. The van der Waals surface area contributed by atoms with Gasteiger partial charge in [0.15, 0.2) is 0 Å². The van der Waals surface area contributed by atoms with Gasteiger partial charge in [0.25, 0.3) is 0 Å². The standard InChI is InChI=1S/C14H28N2O/c1-3-4-5-6-7-12(2)16-9-8-13-10-15(17)11-14(13)16/h12-14,17H,3-11H2,1-2H3. The summed E-state index contributed by atoms with van der Waals surface area (Å²) in [4.78, 5) is 2.65. The number of likely N-dealkylation sites (tertiary alicyclic amines) is 1. The minimum absolute atomic E-state index is 0.626. The lowest BCUT2D eigenvalue weighted by Gasteiger charge is -2.30. The highest BCUT2D eigenvalue weighted by Gasteiger charge is 2.42. The number of hydroxylamine groups is 2. The summed E-state index contributed by atoms with van der Waals surface area (Å²) in [6.07, 6.45) is 8.06. The van der Waals surface area contributed by atoms with Crippen LogP contribution in [0, 0.1) is 5.92 Å². The van der Waals surface area contributed by atoms with Gasteiger partial charge in [-0.3, -0.25) is 4.90 Å². The van der Waals surface area contributed by atoms with E-state index >= 15 is 0 Å². The van der Waals surface area contributed by atoms with E-state index in [1.54, 1.807) is 0 Å². The molecule has 2 saturated heterocycles. The molecule has 3 heteroatoms. The predicted octanol–water partition coefficient (Wildman–Crippen LogP) is 2.74. The number of nitrogens with zero attached hydrogens (tertiary/aromatic N) is 2. The normalized spacial score (nSPS) is 31.9. The third-order valence-electron chi connectivity index (χ3n) is 4.61. The number of hydrogen-bond acceptors (Lipinski definition) is 3. The Bertz CT molecular complexity index is 234. The lowest BCUT2D eigenvalue weighted by Crippen LogP contribution is -2.40. The zero-order valence-corrected chi connectivity index (χ0v) is 11.4. The first kappa shape index (κ1) is 13.3. The van der Waals surface area contributed by atoms with E-state index in [9.17, 15) is 5.21 Å². The highest BCUT2D eigenvalue weighted by Crippen LogP contribution is 2.32. The molecule has 0 aromatic carbocycles. The van der Waals surface area contributed by atoms with Crippen LogP contribution in [0.4, 0.5) is 0 Å². The van der Waals surface area contributed by atoms with Crippen LogP contribution in [-0.4, -0.2) is 46.9 Å². The van der Waals surface area contributed by atoms with Gasteiger partial charge in [-0.25, -0.2) is 0 Å². The van der Waals surface area contributed by atoms with Gasteiger partial charge >= 0.3 is 0 Å². The zero-order chi connectivity index (χ0) is 12.3. The molecule has 2 heterocycles. The van der Waals surface area contributed by atoms with Crippen molar-refractivity contribution >= 4 is 0 Å². The molecule has 1 N–H and O–H groups in total. The Balaban J connectivity index is 1.74. The molecular formula is C14H28N2O. The van der Waals surface area contributed by atoms with Crippen LogP contribution >= 0.6 is 0 Å². The lowest BCUT2D eigenvalue weighted by atomic mass is 10.0. The average Bonchev–Trinajstić information content (AvgIpc) is 2.82. The van der Waals surface area contributed by atoms with E-state index in [-0.39, 0.29) is 0 Å². The van der Waals surface area contributed by atoms with Crippen molar-refractivity contribution < 1.29 is 5.21 Å². The highest BCUT2D eigenvalue weighted by molar-refractivity contribution is 4.95. The molecule has 2 aliphatic rings. The lowest BCUT2D eigenvalue weighted by molar-refractivity contribution is -0.0783. The quantitative estimate of drug-likeness (QED) is 0.723. The smallest absolute Gasteiger partial charge is 0.0397 e. The van der Waals surface area contributed by atoms with Gasteiger partial charge in [-0.1, -0.05) is 32.6 Å². The van der Waals surface area contributed by atoms with Crippen LogP contribution < -0.4 is 0 Å². The molecule has 2 rings (SSSR count). The molecule has 0 saturated carbocycles. The van der Waals surface area contributed by atoms with Crippen molar-refractivity contribution in [3.05, 3.63) is 0 Å². The number of hydrogen-bond donors (Lipinski definition) is 1. The number of fused-ring (bicyclic) bond motifs is 1. The molecule has 17 heavy (non-hydrogen) atoms. The summed E-state index contributed by atoms with van der Waals surface area (Å²) in [5.74, 6) is 0.720. The molecule has 3 unspecified atom stereocenters. The molecule has 0 amide bonds. The van der Waals surface area contributed by atoms with Gasteiger partial charge in [0.2, 0.25) is 0 Å². The highest BCUT2D eigenvalue weighted by atomic mass is 16.5. The summed E-state index contributed by atoms with van der Waals surface area (Å²) in [6.45, 7) is 7.64. The van der Waals surface area contributed by atoms with E-state index in [2.05, 4.69) is 18.7 Å². The fourth-order valence-electron chi connectivity index (χ4n) is 3.55. The Kier molecular flexibility index (Phi) is 4.83. The molecule has 3 nitrogen and oxygen atoms in total. The molecule has 2 aliphatic heterocycles. The summed E-state index contributed by atoms with van der Waals surface area (Å²) < 4.78 is 0. The molecule has 0 radical (unpaired) electrons. The van der Waals surface area contributed by atoms with Crippen molar-refractivity contribution in [1.29, 1.82) is 0 Å². The molecular weight excluding hydrogens is 212 g/mol. The van der Waals surface area contributed by atoms with Gasteiger partial charge in [0, 0.05) is 25.2 Å². The van der Waals surface area contributed by atoms with Crippen LogP contribution in [0.2, 0.25) is 0 Å². The minimum atomic E-state index is 0.626. The maximum Gasteiger partial charge on any atom is 0.0397 e. The first-order valence-electron chi connectivity index (χ1n) is 7.42. The van der Waals surface area contributed by atoms with Crippen LogP contribution in [-0.2, 0) is 0 Å². The molecule has 0 aromatic heterocycles. The second-order valence-electron chi connectivity index (χ2n) is 5.92. The van der Waals surface area contributed by atoms with Crippen LogP contribution in [0.25, 0.3) is 0 Å². The molecule has 2 fully saturated rings. The SMILES string of the molecule is CCCCCCC(C)N1CCC2CN(O)CC21. The van der Waals surface area contributed by atoms with Gasteiger partial charge in [-0.15, -0.1) is 0 Å². The fraction of sp³-hybridized carbons (Fsp3) is 1.00. The summed E-state index contributed by atoms with van der Waals surface area (Å²) in [7, 11) is 0. The molecule has 100 valence electrons. The third kappa shape index (κ3) is 3.21. The Morgan fingerprint density at radius 1 is 1.24 bits per heavy atom. The van der Waals surface area contributed by atoms with Gasteiger partial charge < -0.3 is 5.21 Å². The zero-order valence-electron chi connectivity index (χ0n) is 11.4. The van der Waals surface area contributed by atoms with Crippen molar-refractivity contribution in [2.24, 2.45) is 5.92 Å². The summed E-state index contributed by atoms with van der Waals surface area (Å²) in [5, 5.41) is 11.1. The van der Waals surface area contributed by atoms with Crippen molar-refractivity contribution in [2.45, 2.75) is 64.5 Å². The first-order chi connectivity index (χ1) is 8.22. The Morgan fingerprint density at radius 2 is 2.06 bits per heavy atom. The van der Waals surface area contributed by atoms with Crippen molar-refractivity contribution in [2.75, 3.05) is 19.6 Å². The van der Waals surface area contributed by atoms with E-state index in [4.69, 9.17) is 0 Å². The maximum atomic E-state index is 9.59. The minimum Gasteiger partial charge on any atom is -0.314 e.